The Morgan fingerprint density at radius 2 is 2.24 bits per heavy atom. The predicted octanol–water partition coefficient (Wildman–Crippen LogP) is 2.49. The standard InChI is InChI=1S/C15H23N3O3/c1-3-6-15(14(19)20)7-5-8-18(15)12-10-13(17-11-16-12)21-9-4-2/h10-11H,3-9H2,1-2H3,(H,19,20). The first-order chi connectivity index (χ1) is 10.1. The Morgan fingerprint density at radius 1 is 1.43 bits per heavy atom. The van der Waals surface area contributed by atoms with Gasteiger partial charge in [0.15, 0.2) is 0 Å². The summed E-state index contributed by atoms with van der Waals surface area (Å²) in [5.41, 5.74) is -0.842. The second-order valence-corrected chi connectivity index (χ2v) is 5.40. The lowest BCUT2D eigenvalue weighted by Gasteiger charge is -2.35. The second-order valence-electron chi connectivity index (χ2n) is 5.40. The minimum Gasteiger partial charge on any atom is -0.479 e. The molecule has 0 amide bonds. The molecule has 6 heteroatoms. The number of hydrogen-bond donors (Lipinski definition) is 1. The van der Waals surface area contributed by atoms with E-state index < -0.39 is 11.5 Å². The quantitative estimate of drug-likeness (QED) is 0.832. The average Bonchev–Trinajstić information content (AvgIpc) is 2.91. The van der Waals surface area contributed by atoms with Crippen molar-refractivity contribution in [1.29, 1.82) is 0 Å². The van der Waals surface area contributed by atoms with Crippen LogP contribution < -0.4 is 9.64 Å². The lowest BCUT2D eigenvalue weighted by Crippen LogP contribution is -2.51. The van der Waals surface area contributed by atoms with Gasteiger partial charge in [-0.15, -0.1) is 0 Å². The maximum absolute atomic E-state index is 11.8. The zero-order valence-corrected chi connectivity index (χ0v) is 12.7. The Labute approximate surface area is 125 Å². The fourth-order valence-electron chi connectivity index (χ4n) is 2.98. The Morgan fingerprint density at radius 3 is 2.90 bits per heavy atom. The highest BCUT2D eigenvalue weighted by atomic mass is 16.5. The summed E-state index contributed by atoms with van der Waals surface area (Å²) in [7, 11) is 0. The molecular formula is C15H23N3O3. The van der Waals surface area contributed by atoms with Gasteiger partial charge in [0.25, 0.3) is 0 Å². The Balaban J connectivity index is 2.28. The Hall–Kier alpha value is -1.85. The van der Waals surface area contributed by atoms with Gasteiger partial charge in [0.2, 0.25) is 5.88 Å². The Bertz CT molecular complexity index is 495. The first-order valence-electron chi connectivity index (χ1n) is 7.60. The van der Waals surface area contributed by atoms with Crippen molar-refractivity contribution in [2.45, 2.75) is 51.5 Å². The van der Waals surface area contributed by atoms with Crippen molar-refractivity contribution in [2.75, 3.05) is 18.1 Å². The molecule has 0 radical (unpaired) electrons. The third-order valence-electron chi connectivity index (χ3n) is 3.91. The largest absolute Gasteiger partial charge is 0.479 e. The number of carbonyl (C=O) groups is 1. The van der Waals surface area contributed by atoms with E-state index in [1.54, 1.807) is 6.07 Å². The van der Waals surface area contributed by atoms with E-state index in [0.717, 1.165) is 19.3 Å². The number of rotatable bonds is 7. The van der Waals surface area contributed by atoms with Crippen LogP contribution in [0.2, 0.25) is 0 Å². The maximum atomic E-state index is 11.8. The van der Waals surface area contributed by atoms with Gasteiger partial charge in [-0.2, -0.15) is 0 Å². The zero-order valence-electron chi connectivity index (χ0n) is 12.7. The Kier molecular flexibility index (Phi) is 4.98. The summed E-state index contributed by atoms with van der Waals surface area (Å²) in [4.78, 5) is 22.1. The highest BCUT2D eigenvalue weighted by Crippen LogP contribution is 2.37. The fourth-order valence-corrected chi connectivity index (χ4v) is 2.98. The zero-order chi connectivity index (χ0) is 15.3. The molecule has 1 fully saturated rings. The van der Waals surface area contributed by atoms with Crippen LogP contribution in [0.15, 0.2) is 12.4 Å². The van der Waals surface area contributed by atoms with Crippen LogP contribution in [0.3, 0.4) is 0 Å². The van der Waals surface area contributed by atoms with E-state index >= 15 is 0 Å². The summed E-state index contributed by atoms with van der Waals surface area (Å²) in [5.74, 6) is 0.380. The monoisotopic (exact) mass is 293 g/mol. The molecule has 0 bridgehead atoms. The molecule has 1 N–H and O–H groups in total. The van der Waals surface area contributed by atoms with Crippen molar-refractivity contribution in [1.82, 2.24) is 9.97 Å². The van der Waals surface area contributed by atoms with E-state index in [4.69, 9.17) is 4.74 Å². The van der Waals surface area contributed by atoms with Crippen molar-refractivity contribution in [3.05, 3.63) is 12.4 Å². The lowest BCUT2D eigenvalue weighted by molar-refractivity contribution is -0.143. The predicted molar refractivity (Wildman–Crippen MR) is 79.7 cm³/mol. The number of anilines is 1. The summed E-state index contributed by atoms with van der Waals surface area (Å²) < 4.78 is 5.52. The number of aromatic nitrogens is 2. The van der Waals surface area contributed by atoms with Gasteiger partial charge in [-0.05, 0) is 25.7 Å². The first-order valence-corrected chi connectivity index (χ1v) is 7.60. The summed E-state index contributed by atoms with van der Waals surface area (Å²) in [5, 5.41) is 9.72. The van der Waals surface area contributed by atoms with Gasteiger partial charge in [0, 0.05) is 12.6 Å². The van der Waals surface area contributed by atoms with Crippen LogP contribution in [-0.4, -0.2) is 39.7 Å². The molecule has 2 rings (SSSR count). The molecular weight excluding hydrogens is 270 g/mol. The van der Waals surface area contributed by atoms with E-state index in [1.165, 1.54) is 6.33 Å². The summed E-state index contributed by atoms with van der Waals surface area (Å²) >= 11 is 0. The van der Waals surface area contributed by atoms with Gasteiger partial charge in [0.1, 0.15) is 17.7 Å². The molecule has 0 aromatic carbocycles. The normalized spacial score (nSPS) is 21.5. The first kappa shape index (κ1) is 15.5. The van der Waals surface area contributed by atoms with Gasteiger partial charge in [-0.25, -0.2) is 14.8 Å². The van der Waals surface area contributed by atoms with Crippen LogP contribution >= 0.6 is 0 Å². The molecule has 1 saturated heterocycles. The third kappa shape index (κ3) is 3.09. The van der Waals surface area contributed by atoms with E-state index in [2.05, 4.69) is 9.97 Å². The molecule has 6 nitrogen and oxygen atoms in total. The van der Waals surface area contributed by atoms with E-state index in [1.807, 2.05) is 18.7 Å². The number of aliphatic carboxylic acids is 1. The molecule has 21 heavy (non-hydrogen) atoms. The number of hydrogen-bond acceptors (Lipinski definition) is 5. The molecule has 116 valence electrons. The van der Waals surface area contributed by atoms with E-state index in [9.17, 15) is 9.90 Å². The van der Waals surface area contributed by atoms with Gasteiger partial charge >= 0.3 is 5.97 Å². The molecule has 1 atom stereocenters. The second kappa shape index (κ2) is 6.74. The average molecular weight is 293 g/mol. The van der Waals surface area contributed by atoms with Crippen molar-refractivity contribution in [3.8, 4) is 5.88 Å². The van der Waals surface area contributed by atoms with Crippen molar-refractivity contribution >= 4 is 11.8 Å². The smallest absolute Gasteiger partial charge is 0.329 e. The van der Waals surface area contributed by atoms with Crippen molar-refractivity contribution < 1.29 is 14.6 Å². The minimum atomic E-state index is -0.842. The SMILES string of the molecule is CCCOc1cc(N2CCCC2(CCC)C(=O)O)ncn1. The number of carboxylic acids is 1. The molecule has 1 unspecified atom stereocenters. The molecule has 1 aliphatic rings. The van der Waals surface area contributed by atoms with Crippen LogP contribution in [0.25, 0.3) is 0 Å². The summed E-state index contributed by atoms with van der Waals surface area (Å²) in [6.45, 7) is 5.34. The van der Waals surface area contributed by atoms with Gasteiger partial charge in [0.05, 0.1) is 6.61 Å². The highest BCUT2D eigenvalue weighted by molar-refractivity contribution is 5.84. The number of carboxylic acid groups (broad SMARTS) is 1. The van der Waals surface area contributed by atoms with Gasteiger partial charge in [-0.3, -0.25) is 0 Å². The lowest BCUT2D eigenvalue weighted by atomic mass is 9.90. The molecule has 0 spiro atoms. The molecule has 1 aromatic rings. The summed E-state index contributed by atoms with van der Waals surface area (Å²) in [6, 6.07) is 1.74. The van der Waals surface area contributed by atoms with Gasteiger partial charge < -0.3 is 14.7 Å². The number of nitrogens with zero attached hydrogens (tertiary/aromatic N) is 3. The molecule has 0 saturated carbocycles. The maximum Gasteiger partial charge on any atom is 0.329 e. The molecule has 1 aromatic heterocycles. The van der Waals surface area contributed by atoms with Crippen LogP contribution in [0, 0.1) is 0 Å². The minimum absolute atomic E-state index is 0.504. The summed E-state index contributed by atoms with van der Waals surface area (Å²) in [6.07, 6.45) is 5.31. The highest BCUT2D eigenvalue weighted by Gasteiger charge is 2.47. The van der Waals surface area contributed by atoms with Crippen LogP contribution in [-0.2, 0) is 4.79 Å². The van der Waals surface area contributed by atoms with Gasteiger partial charge in [-0.1, -0.05) is 20.3 Å². The topological polar surface area (TPSA) is 75.5 Å². The van der Waals surface area contributed by atoms with E-state index in [0.29, 0.717) is 37.7 Å². The molecule has 0 aliphatic carbocycles. The van der Waals surface area contributed by atoms with Crippen molar-refractivity contribution in [2.24, 2.45) is 0 Å². The van der Waals surface area contributed by atoms with Crippen molar-refractivity contribution in [3.63, 3.8) is 0 Å². The molecule has 2 heterocycles. The van der Waals surface area contributed by atoms with Crippen LogP contribution in [0.4, 0.5) is 5.82 Å². The van der Waals surface area contributed by atoms with E-state index in [-0.39, 0.29) is 0 Å². The third-order valence-corrected chi connectivity index (χ3v) is 3.91. The fraction of sp³-hybridized carbons (Fsp3) is 0.667. The van der Waals surface area contributed by atoms with Crippen LogP contribution in [0.1, 0.15) is 46.0 Å². The van der Waals surface area contributed by atoms with Crippen LogP contribution in [0.5, 0.6) is 5.88 Å². The number of ether oxygens (including phenoxy) is 1. The molecule has 1 aliphatic heterocycles.